The predicted octanol–water partition coefficient (Wildman–Crippen LogP) is 6.09. The Morgan fingerprint density at radius 2 is 1.94 bits per heavy atom. The van der Waals surface area contributed by atoms with E-state index in [1.165, 1.54) is 27.8 Å². The van der Waals surface area contributed by atoms with Crippen molar-refractivity contribution in [2.45, 2.75) is 65.1 Å². The van der Waals surface area contributed by atoms with E-state index in [0.717, 1.165) is 59.5 Å². The van der Waals surface area contributed by atoms with E-state index in [1.54, 1.807) is 17.7 Å². The van der Waals surface area contributed by atoms with Crippen LogP contribution < -0.4 is 5.32 Å². The molecule has 3 aromatic heterocycles. The fourth-order valence-corrected chi connectivity index (χ4v) is 5.66. The number of ether oxygens (including phenoxy) is 1. The molecule has 0 bridgehead atoms. The molecule has 1 aliphatic rings. The minimum atomic E-state index is -0.179. The zero-order valence-electron chi connectivity index (χ0n) is 19.1. The Morgan fingerprint density at radius 1 is 1.09 bits per heavy atom. The van der Waals surface area contributed by atoms with E-state index in [0.29, 0.717) is 6.61 Å². The van der Waals surface area contributed by atoms with Crippen LogP contribution in [0, 0.1) is 0 Å². The summed E-state index contributed by atoms with van der Waals surface area (Å²) in [5, 5.41) is 4.75. The largest absolute Gasteiger partial charge is 0.370 e. The highest BCUT2D eigenvalue weighted by Gasteiger charge is 2.31. The maximum atomic E-state index is 6.19. The van der Waals surface area contributed by atoms with Gasteiger partial charge in [0.15, 0.2) is 0 Å². The highest BCUT2D eigenvalue weighted by atomic mass is 32.1. The Labute approximate surface area is 193 Å². The molecule has 0 atom stereocenters. The van der Waals surface area contributed by atoms with Crippen molar-refractivity contribution in [3.05, 3.63) is 59.0 Å². The van der Waals surface area contributed by atoms with Crippen LogP contribution in [0.15, 0.2) is 36.7 Å². The number of unbranched alkanes of at least 4 members (excludes halogenated alkanes) is 1. The van der Waals surface area contributed by atoms with Gasteiger partial charge in [-0.05, 0) is 44.2 Å². The van der Waals surface area contributed by atoms with Crippen molar-refractivity contribution in [3.63, 3.8) is 0 Å². The third-order valence-electron chi connectivity index (χ3n) is 6.23. The number of aryl methyl sites for hydroxylation is 1. The Morgan fingerprint density at radius 3 is 2.75 bits per heavy atom. The van der Waals surface area contributed by atoms with Crippen LogP contribution in [0.25, 0.3) is 20.4 Å². The molecule has 4 aromatic rings. The zero-order valence-corrected chi connectivity index (χ0v) is 19.9. The van der Waals surface area contributed by atoms with Gasteiger partial charge >= 0.3 is 0 Å². The first-order chi connectivity index (χ1) is 15.6. The molecule has 0 radical (unpaired) electrons. The maximum Gasteiger partial charge on any atom is 0.147 e. The quantitative estimate of drug-likeness (QED) is 0.372. The van der Waals surface area contributed by atoms with E-state index in [-0.39, 0.29) is 5.60 Å². The van der Waals surface area contributed by atoms with Gasteiger partial charge in [-0.2, -0.15) is 0 Å². The highest BCUT2D eigenvalue weighted by Crippen LogP contribution is 2.42. The average molecular weight is 447 g/mol. The monoisotopic (exact) mass is 446 g/mol. The summed E-state index contributed by atoms with van der Waals surface area (Å²) in [4.78, 5) is 15.5. The number of benzene rings is 1. The van der Waals surface area contributed by atoms with Crippen LogP contribution >= 0.6 is 11.3 Å². The molecular formula is C26H30N4OS. The SMILES string of the molecule is CCCCc1nc2sc3c(NCCc4ccccc4)ncnc3c2c2c1COC(C)(C)C2. The first-order valence-corrected chi connectivity index (χ1v) is 12.4. The van der Waals surface area contributed by atoms with Crippen LogP contribution in [0.3, 0.4) is 0 Å². The van der Waals surface area contributed by atoms with Gasteiger partial charge in [0, 0.05) is 29.6 Å². The second-order valence-corrected chi connectivity index (χ2v) is 10.2. The summed E-state index contributed by atoms with van der Waals surface area (Å²) in [7, 11) is 0. The van der Waals surface area contributed by atoms with Gasteiger partial charge < -0.3 is 10.1 Å². The van der Waals surface area contributed by atoms with Crippen molar-refractivity contribution < 1.29 is 4.74 Å². The first kappa shape index (κ1) is 21.3. The number of anilines is 1. The Kier molecular flexibility index (Phi) is 5.82. The Hall–Kier alpha value is -2.57. The standard InChI is InChI=1S/C26H30N4OS/c1-4-5-11-20-19-15-31-26(2,3)14-18(19)21-22-23(32-25(21)30-20)24(29-16-28-22)27-13-12-17-9-7-6-8-10-17/h6-10,16H,4-5,11-15H2,1-3H3,(H,27,28,29). The lowest BCUT2D eigenvalue weighted by atomic mass is 9.88. The van der Waals surface area contributed by atoms with Gasteiger partial charge in [0.25, 0.3) is 0 Å². The van der Waals surface area contributed by atoms with Crippen molar-refractivity contribution in [2.24, 2.45) is 0 Å². The molecule has 1 N–H and O–H groups in total. The van der Waals surface area contributed by atoms with E-state index < -0.39 is 0 Å². The van der Waals surface area contributed by atoms with E-state index in [2.05, 4.69) is 61.4 Å². The molecule has 0 fully saturated rings. The van der Waals surface area contributed by atoms with Crippen molar-refractivity contribution >= 4 is 37.6 Å². The van der Waals surface area contributed by atoms with E-state index >= 15 is 0 Å². The Bertz CT molecular complexity index is 1250. The summed E-state index contributed by atoms with van der Waals surface area (Å²) < 4.78 is 7.29. The molecule has 0 amide bonds. The molecule has 5 nitrogen and oxygen atoms in total. The molecule has 6 heteroatoms. The molecule has 0 saturated heterocycles. The molecule has 0 saturated carbocycles. The van der Waals surface area contributed by atoms with Gasteiger partial charge in [-0.25, -0.2) is 15.0 Å². The summed E-state index contributed by atoms with van der Waals surface area (Å²) >= 11 is 1.72. The minimum Gasteiger partial charge on any atom is -0.370 e. The van der Waals surface area contributed by atoms with Gasteiger partial charge in [-0.3, -0.25) is 0 Å². The van der Waals surface area contributed by atoms with Crippen LogP contribution in [0.5, 0.6) is 0 Å². The normalized spacial score (nSPS) is 15.2. The number of rotatable bonds is 7. The molecular weight excluding hydrogens is 416 g/mol. The van der Waals surface area contributed by atoms with E-state index in [9.17, 15) is 0 Å². The Balaban J connectivity index is 1.56. The smallest absolute Gasteiger partial charge is 0.147 e. The van der Waals surface area contributed by atoms with Crippen molar-refractivity contribution in [3.8, 4) is 0 Å². The van der Waals surface area contributed by atoms with Crippen LogP contribution in [0.4, 0.5) is 5.82 Å². The molecule has 5 rings (SSSR count). The van der Waals surface area contributed by atoms with Gasteiger partial charge in [0.2, 0.25) is 0 Å². The number of fused-ring (bicyclic) bond motifs is 5. The van der Waals surface area contributed by atoms with Crippen LogP contribution in [-0.2, 0) is 30.6 Å². The third-order valence-corrected chi connectivity index (χ3v) is 7.31. The van der Waals surface area contributed by atoms with Gasteiger partial charge in [0.05, 0.1) is 22.4 Å². The van der Waals surface area contributed by atoms with Gasteiger partial charge in [-0.1, -0.05) is 43.7 Å². The van der Waals surface area contributed by atoms with E-state index in [1.807, 2.05) is 0 Å². The van der Waals surface area contributed by atoms with Crippen molar-refractivity contribution in [2.75, 3.05) is 11.9 Å². The molecule has 1 aromatic carbocycles. The fraction of sp³-hybridized carbons (Fsp3) is 0.423. The molecule has 4 heterocycles. The van der Waals surface area contributed by atoms with Crippen LogP contribution in [-0.4, -0.2) is 27.1 Å². The fourth-order valence-electron chi connectivity index (χ4n) is 4.52. The number of aromatic nitrogens is 3. The van der Waals surface area contributed by atoms with Crippen LogP contribution in [0.1, 0.15) is 56.0 Å². The lowest BCUT2D eigenvalue weighted by Gasteiger charge is -2.33. The highest BCUT2D eigenvalue weighted by molar-refractivity contribution is 7.26. The van der Waals surface area contributed by atoms with E-state index in [4.69, 9.17) is 14.7 Å². The molecule has 0 spiro atoms. The topological polar surface area (TPSA) is 59.9 Å². The minimum absolute atomic E-state index is 0.179. The molecule has 166 valence electrons. The molecule has 0 unspecified atom stereocenters. The number of pyridine rings is 1. The summed E-state index contributed by atoms with van der Waals surface area (Å²) in [5.74, 6) is 0.907. The van der Waals surface area contributed by atoms with Crippen molar-refractivity contribution in [1.82, 2.24) is 15.0 Å². The number of hydrogen-bond donors (Lipinski definition) is 1. The second kappa shape index (κ2) is 8.75. The number of nitrogens with zero attached hydrogens (tertiary/aromatic N) is 3. The summed E-state index contributed by atoms with van der Waals surface area (Å²) in [6.45, 7) is 8.04. The number of hydrogen-bond acceptors (Lipinski definition) is 6. The molecule has 0 aliphatic carbocycles. The summed E-state index contributed by atoms with van der Waals surface area (Å²) in [5.41, 5.74) is 6.01. The second-order valence-electron chi connectivity index (χ2n) is 9.19. The average Bonchev–Trinajstić information content (AvgIpc) is 3.17. The van der Waals surface area contributed by atoms with Gasteiger partial charge in [0.1, 0.15) is 17.0 Å². The van der Waals surface area contributed by atoms with Crippen molar-refractivity contribution in [1.29, 1.82) is 0 Å². The third kappa shape index (κ3) is 4.09. The lowest BCUT2D eigenvalue weighted by Crippen LogP contribution is -2.32. The lowest BCUT2D eigenvalue weighted by molar-refractivity contribution is -0.0401. The summed E-state index contributed by atoms with van der Waals surface area (Å²) in [6.07, 6.45) is 6.83. The molecule has 1 aliphatic heterocycles. The predicted molar refractivity (Wildman–Crippen MR) is 133 cm³/mol. The first-order valence-electron chi connectivity index (χ1n) is 11.6. The zero-order chi connectivity index (χ0) is 22.1. The maximum absolute atomic E-state index is 6.19. The van der Waals surface area contributed by atoms with Crippen LogP contribution in [0.2, 0.25) is 0 Å². The molecule has 32 heavy (non-hydrogen) atoms. The summed E-state index contributed by atoms with van der Waals surface area (Å²) in [6, 6.07) is 10.5. The number of nitrogens with one attached hydrogen (secondary N) is 1. The number of thiophene rings is 1. The van der Waals surface area contributed by atoms with Gasteiger partial charge in [-0.15, -0.1) is 11.3 Å².